The van der Waals surface area contributed by atoms with Gasteiger partial charge in [-0.15, -0.1) is 0 Å². The average Bonchev–Trinajstić information content (AvgIpc) is 3.17. The molecule has 2 amide bonds. The summed E-state index contributed by atoms with van der Waals surface area (Å²) in [5, 5.41) is 10.2. The molecular weight excluding hydrogens is 406 g/mol. The largest absolute Gasteiger partial charge is 0.483 e. The van der Waals surface area contributed by atoms with Crippen molar-refractivity contribution in [2.24, 2.45) is 0 Å². The number of nitrogens with zero attached hydrogens (tertiary/aromatic N) is 3. The van der Waals surface area contributed by atoms with Crippen LogP contribution in [0.25, 0.3) is 0 Å². The molecule has 30 heavy (non-hydrogen) atoms. The Morgan fingerprint density at radius 1 is 1.30 bits per heavy atom. The van der Waals surface area contributed by atoms with E-state index >= 15 is 0 Å². The molecule has 0 saturated carbocycles. The Morgan fingerprint density at radius 2 is 2.13 bits per heavy atom. The highest BCUT2D eigenvalue weighted by atomic mass is 35.5. The van der Waals surface area contributed by atoms with E-state index in [2.05, 4.69) is 20.7 Å². The number of carbonyl (C=O) groups is 2. The summed E-state index contributed by atoms with van der Waals surface area (Å²) in [5.74, 6) is 0.343. The number of hydrogen-bond acceptors (Lipinski definition) is 5. The van der Waals surface area contributed by atoms with E-state index < -0.39 is 6.04 Å². The summed E-state index contributed by atoms with van der Waals surface area (Å²) in [4.78, 5) is 28.6. The molecule has 0 aliphatic carbocycles. The van der Waals surface area contributed by atoms with Crippen molar-refractivity contribution in [3.8, 4) is 5.75 Å². The van der Waals surface area contributed by atoms with Gasteiger partial charge in [0.2, 0.25) is 11.9 Å². The molecule has 1 aliphatic rings. The van der Waals surface area contributed by atoms with Crippen LogP contribution < -0.4 is 15.4 Å². The molecule has 0 unspecified atom stereocenters. The fraction of sp³-hybridized carbons (Fsp3) is 0.238. The van der Waals surface area contributed by atoms with Crippen molar-refractivity contribution < 1.29 is 14.3 Å². The first kappa shape index (κ1) is 19.9. The Hall–Kier alpha value is -3.39. The SMILES string of the molecule is Cc1ccc(NC(=O)COc2ccc(Cl)cc2[C@@H]2CC(=O)Nc3ncnn32)c(C)c1. The number of aromatic nitrogens is 3. The fourth-order valence-corrected chi connectivity index (χ4v) is 3.62. The number of hydrogen-bond donors (Lipinski definition) is 2. The molecule has 2 aromatic carbocycles. The second kappa shape index (κ2) is 8.16. The summed E-state index contributed by atoms with van der Waals surface area (Å²) in [6.45, 7) is 3.74. The second-order valence-corrected chi connectivity index (χ2v) is 7.57. The maximum atomic E-state index is 12.4. The molecule has 0 spiro atoms. The lowest BCUT2D eigenvalue weighted by Crippen LogP contribution is -2.30. The summed E-state index contributed by atoms with van der Waals surface area (Å²) in [6, 6.07) is 10.4. The molecule has 1 aromatic heterocycles. The highest BCUT2D eigenvalue weighted by Gasteiger charge is 2.30. The normalized spacial score (nSPS) is 15.3. The lowest BCUT2D eigenvalue weighted by atomic mass is 10.0. The zero-order chi connectivity index (χ0) is 21.3. The fourth-order valence-electron chi connectivity index (χ4n) is 3.44. The summed E-state index contributed by atoms with van der Waals surface area (Å²) in [5.41, 5.74) is 3.49. The predicted molar refractivity (Wildman–Crippen MR) is 113 cm³/mol. The van der Waals surface area contributed by atoms with Crippen LogP contribution in [0.1, 0.15) is 29.2 Å². The van der Waals surface area contributed by atoms with Gasteiger partial charge in [0.25, 0.3) is 5.91 Å². The number of amides is 2. The number of fused-ring (bicyclic) bond motifs is 1. The van der Waals surface area contributed by atoms with Gasteiger partial charge >= 0.3 is 0 Å². The van der Waals surface area contributed by atoms with E-state index in [-0.39, 0.29) is 24.8 Å². The third-order valence-corrected chi connectivity index (χ3v) is 5.08. The molecule has 3 aromatic rings. The number of rotatable bonds is 5. The van der Waals surface area contributed by atoms with Crippen LogP contribution in [0.2, 0.25) is 5.02 Å². The van der Waals surface area contributed by atoms with Crippen LogP contribution >= 0.6 is 11.6 Å². The summed E-state index contributed by atoms with van der Waals surface area (Å²) in [7, 11) is 0. The molecule has 154 valence electrons. The zero-order valence-corrected chi connectivity index (χ0v) is 17.2. The molecule has 4 rings (SSSR count). The molecule has 2 N–H and O–H groups in total. The van der Waals surface area contributed by atoms with Crippen molar-refractivity contribution in [1.29, 1.82) is 0 Å². The molecule has 1 atom stereocenters. The molecule has 0 radical (unpaired) electrons. The van der Waals surface area contributed by atoms with Gasteiger partial charge in [-0.05, 0) is 43.7 Å². The number of ether oxygens (including phenoxy) is 1. The van der Waals surface area contributed by atoms with Gasteiger partial charge in [-0.1, -0.05) is 29.3 Å². The van der Waals surface area contributed by atoms with E-state index in [9.17, 15) is 9.59 Å². The number of benzene rings is 2. The van der Waals surface area contributed by atoms with E-state index in [4.69, 9.17) is 16.3 Å². The van der Waals surface area contributed by atoms with Crippen molar-refractivity contribution in [3.05, 3.63) is 64.4 Å². The Labute approximate surface area is 178 Å². The summed E-state index contributed by atoms with van der Waals surface area (Å²) in [6.07, 6.45) is 1.53. The molecule has 2 heterocycles. The first-order valence-corrected chi connectivity index (χ1v) is 9.77. The van der Waals surface area contributed by atoms with Gasteiger partial charge in [-0.3, -0.25) is 14.9 Å². The molecule has 9 heteroatoms. The predicted octanol–water partition coefficient (Wildman–Crippen LogP) is 3.50. The summed E-state index contributed by atoms with van der Waals surface area (Å²) >= 11 is 6.19. The van der Waals surface area contributed by atoms with Crippen LogP contribution in [-0.4, -0.2) is 33.2 Å². The van der Waals surface area contributed by atoms with Crippen LogP contribution in [0.3, 0.4) is 0 Å². The standard InChI is InChI=1S/C21H20ClN5O3/c1-12-3-5-16(13(2)7-12)25-20(29)10-30-18-6-4-14(22)8-15(18)17-9-19(28)26-21-23-11-24-27(17)21/h3-8,11,17H,9-10H2,1-2H3,(H,25,29)(H,23,24,26,28)/t17-/m0/s1. The maximum absolute atomic E-state index is 12.4. The van der Waals surface area contributed by atoms with E-state index in [1.54, 1.807) is 22.9 Å². The van der Waals surface area contributed by atoms with Gasteiger partial charge in [0.1, 0.15) is 12.1 Å². The van der Waals surface area contributed by atoms with Crippen LogP contribution in [-0.2, 0) is 9.59 Å². The molecule has 0 bridgehead atoms. The highest BCUT2D eigenvalue weighted by Crippen LogP contribution is 2.35. The van der Waals surface area contributed by atoms with E-state index in [1.807, 2.05) is 32.0 Å². The highest BCUT2D eigenvalue weighted by molar-refractivity contribution is 6.30. The van der Waals surface area contributed by atoms with Crippen LogP contribution in [0, 0.1) is 13.8 Å². The van der Waals surface area contributed by atoms with Crippen molar-refractivity contribution in [1.82, 2.24) is 14.8 Å². The van der Waals surface area contributed by atoms with Gasteiger partial charge in [0, 0.05) is 16.3 Å². The quantitative estimate of drug-likeness (QED) is 0.652. The van der Waals surface area contributed by atoms with Gasteiger partial charge < -0.3 is 10.1 Å². The van der Waals surface area contributed by atoms with Crippen molar-refractivity contribution in [2.75, 3.05) is 17.2 Å². The monoisotopic (exact) mass is 425 g/mol. The number of nitrogens with one attached hydrogen (secondary N) is 2. The topological polar surface area (TPSA) is 98.1 Å². The zero-order valence-electron chi connectivity index (χ0n) is 16.5. The van der Waals surface area contributed by atoms with Gasteiger partial charge in [0.05, 0.1) is 12.5 Å². The number of aryl methyl sites for hydroxylation is 2. The smallest absolute Gasteiger partial charge is 0.262 e. The molecule has 1 aliphatic heterocycles. The van der Waals surface area contributed by atoms with Crippen LogP contribution in [0.4, 0.5) is 11.6 Å². The van der Waals surface area contributed by atoms with E-state index in [0.717, 1.165) is 16.8 Å². The van der Waals surface area contributed by atoms with Gasteiger partial charge in [0.15, 0.2) is 6.61 Å². The minimum Gasteiger partial charge on any atom is -0.483 e. The molecule has 8 nitrogen and oxygen atoms in total. The number of anilines is 2. The average molecular weight is 426 g/mol. The maximum Gasteiger partial charge on any atom is 0.262 e. The minimum atomic E-state index is -0.438. The number of carbonyl (C=O) groups excluding carboxylic acids is 2. The molecule has 0 fully saturated rings. The lowest BCUT2D eigenvalue weighted by Gasteiger charge is -2.25. The van der Waals surface area contributed by atoms with Gasteiger partial charge in [-0.2, -0.15) is 10.1 Å². The second-order valence-electron chi connectivity index (χ2n) is 7.13. The van der Waals surface area contributed by atoms with Crippen molar-refractivity contribution in [2.45, 2.75) is 26.3 Å². The first-order valence-electron chi connectivity index (χ1n) is 9.39. The van der Waals surface area contributed by atoms with E-state index in [0.29, 0.717) is 22.3 Å². The van der Waals surface area contributed by atoms with Gasteiger partial charge in [-0.25, -0.2) is 4.68 Å². The molecular formula is C21H20ClN5O3. The Morgan fingerprint density at radius 3 is 2.93 bits per heavy atom. The molecule has 0 saturated heterocycles. The lowest BCUT2D eigenvalue weighted by molar-refractivity contribution is -0.118. The Kier molecular flexibility index (Phi) is 5.41. The van der Waals surface area contributed by atoms with E-state index in [1.165, 1.54) is 6.33 Å². The summed E-state index contributed by atoms with van der Waals surface area (Å²) < 4.78 is 7.41. The third-order valence-electron chi connectivity index (χ3n) is 4.84. The first-order chi connectivity index (χ1) is 14.4. The Balaban J connectivity index is 1.53. The van der Waals surface area contributed by atoms with Crippen molar-refractivity contribution in [3.63, 3.8) is 0 Å². The van der Waals surface area contributed by atoms with Crippen LogP contribution in [0.15, 0.2) is 42.7 Å². The number of halogens is 1. The minimum absolute atomic E-state index is 0.155. The van der Waals surface area contributed by atoms with Crippen molar-refractivity contribution >= 4 is 35.1 Å². The van der Waals surface area contributed by atoms with Crippen LogP contribution in [0.5, 0.6) is 5.75 Å². The third kappa shape index (κ3) is 4.13. The Bertz CT molecular complexity index is 1130.